The van der Waals surface area contributed by atoms with E-state index in [-0.39, 0.29) is 5.97 Å². The zero-order chi connectivity index (χ0) is 13.8. The average Bonchev–Trinajstić information content (AvgIpc) is 2.73. The largest absolute Gasteiger partial charge is 0.469 e. The van der Waals surface area contributed by atoms with Crippen LogP contribution in [0.1, 0.15) is 17.9 Å². The van der Waals surface area contributed by atoms with Crippen molar-refractivity contribution < 1.29 is 9.53 Å². The zero-order valence-corrected chi connectivity index (χ0v) is 11.8. The molecule has 0 aliphatic rings. The third-order valence-corrected chi connectivity index (χ3v) is 3.08. The van der Waals surface area contributed by atoms with Crippen molar-refractivity contribution in [2.45, 2.75) is 26.3 Å². The number of carbonyl (C=O) groups is 1. The van der Waals surface area contributed by atoms with Crippen molar-refractivity contribution in [1.29, 1.82) is 0 Å². The molecule has 0 amide bonds. The fourth-order valence-corrected chi connectivity index (χ4v) is 2.13. The molecule has 5 nitrogen and oxygen atoms in total. The highest BCUT2D eigenvalue weighted by molar-refractivity contribution is 6.17. The number of carbonyl (C=O) groups excluding carboxylic acids is 1. The lowest BCUT2D eigenvalue weighted by atomic mass is 10.3. The van der Waals surface area contributed by atoms with Crippen LogP contribution in [0.25, 0.3) is 11.2 Å². The number of hydrogen-bond acceptors (Lipinski definition) is 4. The van der Waals surface area contributed by atoms with Crippen LogP contribution >= 0.6 is 11.6 Å². The second-order valence-corrected chi connectivity index (χ2v) is 4.62. The van der Waals surface area contributed by atoms with Crippen molar-refractivity contribution in [3.63, 3.8) is 0 Å². The normalized spacial score (nSPS) is 10.9. The molecule has 2 aromatic heterocycles. The molecule has 0 unspecified atom stereocenters. The van der Waals surface area contributed by atoms with Gasteiger partial charge in [0.2, 0.25) is 0 Å². The molecular formula is C13H16ClN3O2. The van der Waals surface area contributed by atoms with Crippen molar-refractivity contribution >= 4 is 28.7 Å². The van der Waals surface area contributed by atoms with Crippen LogP contribution in [-0.4, -0.2) is 33.5 Å². The quantitative estimate of drug-likeness (QED) is 0.622. The summed E-state index contributed by atoms with van der Waals surface area (Å²) in [6, 6.07) is 3.86. The number of rotatable bonds is 5. The van der Waals surface area contributed by atoms with Gasteiger partial charge in [0.25, 0.3) is 0 Å². The van der Waals surface area contributed by atoms with E-state index in [2.05, 4.69) is 14.7 Å². The Morgan fingerprint density at radius 3 is 2.89 bits per heavy atom. The maximum atomic E-state index is 11.3. The molecular weight excluding hydrogens is 266 g/mol. The maximum absolute atomic E-state index is 11.3. The highest BCUT2D eigenvalue weighted by Gasteiger charge is 2.13. The number of aryl methyl sites for hydroxylation is 3. The topological polar surface area (TPSA) is 57.0 Å². The first-order valence-electron chi connectivity index (χ1n) is 6.11. The number of nitrogens with zero attached hydrogens (tertiary/aromatic N) is 3. The maximum Gasteiger partial charge on any atom is 0.307 e. The number of methoxy groups -OCH3 is 1. The van der Waals surface area contributed by atoms with Gasteiger partial charge in [-0.2, -0.15) is 0 Å². The molecule has 6 heteroatoms. The molecule has 0 aliphatic carbocycles. The van der Waals surface area contributed by atoms with Crippen LogP contribution in [0.4, 0.5) is 0 Å². The third kappa shape index (κ3) is 3.04. The number of halogens is 1. The first kappa shape index (κ1) is 13.8. The van der Waals surface area contributed by atoms with Crippen molar-refractivity contribution in [1.82, 2.24) is 14.5 Å². The molecule has 2 rings (SSSR count). The van der Waals surface area contributed by atoms with Crippen LogP contribution in [0.15, 0.2) is 12.1 Å². The molecule has 0 spiro atoms. The SMILES string of the molecule is COC(=O)CCn1c(CCCl)nc2ccc(C)nc21. The van der Waals surface area contributed by atoms with Crippen molar-refractivity contribution in [2.24, 2.45) is 0 Å². The van der Waals surface area contributed by atoms with Gasteiger partial charge in [-0.1, -0.05) is 0 Å². The van der Waals surface area contributed by atoms with Crippen LogP contribution in [0.3, 0.4) is 0 Å². The van der Waals surface area contributed by atoms with E-state index in [9.17, 15) is 4.79 Å². The van der Waals surface area contributed by atoms with Crippen LogP contribution in [0, 0.1) is 6.92 Å². The molecule has 0 saturated heterocycles. The van der Waals surface area contributed by atoms with Crippen LogP contribution in [0.5, 0.6) is 0 Å². The summed E-state index contributed by atoms with van der Waals surface area (Å²) in [5, 5.41) is 0. The van der Waals surface area contributed by atoms with Gasteiger partial charge in [-0.15, -0.1) is 11.6 Å². The molecule has 0 bridgehead atoms. The first-order valence-corrected chi connectivity index (χ1v) is 6.64. The number of alkyl halides is 1. The van der Waals surface area contributed by atoms with Gasteiger partial charge in [-0.3, -0.25) is 4.79 Å². The second-order valence-electron chi connectivity index (χ2n) is 4.24. The monoisotopic (exact) mass is 281 g/mol. The molecule has 0 fully saturated rings. The molecule has 0 aromatic carbocycles. The summed E-state index contributed by atoms with van der Waals surface area (Å²) in [4.78, 5) is 20.3. The Morgan fingerprint density at radius 2 is 2.21 bits per heavy atom. The van der Waals surface area contributed by atoms with Gasteiger partial charge in [0.05, 0.1) is 13.5 Å². The Balaban J connectivity index is 2.38. The van der Waals surface area contributed by atoms with E-state index in [1.807, 2.05) is 23.6 Å². The highest BCUT2D eigenvalue weighted by Crippen LogP contribution is 2.16. The van der Waals surface area contributed by atoms with E-state index in [4.69, 9.17) is 11.6 Å². The van der Waals surface area contributed by atoms with E-state index >= 15 is 0 Å². The van der Waals surface area contributed by atoms with E-state index in [1.165, 1.54) is 7.11 Å². The Kier molecular flexibility index (Phi) is 4.37. The number of pyridine rings is 1. The van der Waals surface area contributed by atoms with Gasteiger partial charge in [0.1, 0.15) is 11.3 Å². The Bertz CT molecular complexity index is 595. The summed E-state index contributed by atoms with van der Waals surface area (Å²) in [7, 11) is 1.39. The van der Waals surface area contributed by atoms with E-state index in [0.29, 0.717) is 25.3 Å². The number of ether oxygens (including phenoxy) is 1. The minimum Gasteiger partial charge on any atom is -0.469 e. The van der Waals surface area contributed by atoms with Gasteiger partial charge in [-0.05, 0) is 19.1 Å². The van der Waals surface area contributed by atoms with Gasteiger partial charge >= 0.3 is 5.97 Å². The molecule has 2 heterocycles. The van der Waals surface area contributed by atoms with Crippen molar-refractivity contribution in [3.8, 4) is 0 Å². The number of fused-ring (bicyclic) bond motifs is 1. The number of aromatic nitrogens is 3. The lowest BCUT2D eigenvalue weighted by Gasteiger charge is -2.07. The van der Waals surface area contributed by atoms with E-state index < -0.39 is 0 Å². The highest BCUT2D eigenvalue weighted by atomic mass is 35.5. The molecule has 0 aliphatic heterocycles. The van der Waals surface area contributed by atoms with Gasteiger partial charge < -0.3 is 9.30 Å². The van der Waals surface area contributed by atoms with Gasteiger partial charge in [0.15, 0.2) is 5.65 Å². The lowest BCUT2D eigenvalue weighted by molar-refractivity contribution is -0.140. The molecule has 0 radical (unpaired) electrons. The molecule has 0 saturated carbocycles. The van der Waals surface area contributed by atoms with Crippen molar-refractivity contribution in [3.05, 3.63) is 23.7 Å². The minimum atomic E-state index is -0.244. The standard InChI is InChI=1S/C13H16ClN3O2/c1-9-3-4-10-13(15-9)17(8-6-12(18)19-2)11(16-10)5-7-14/h3-4H,5-8H2,1-2H3. The van der Waals surface area contributed by atoms with E-state index in [0.717, 1.165) is 22.7 Å². The molecule has 0 N–H and O–H groups in total. The molecule has 102 valence electrons. The summed E-state index contributed by atoms with van der Waals surface area (Å²) in [6.07, 6.45) is 0.949. The Morgan fingerprint density at radius 1 is 1.42 bits per heavy atom. The number of esters is 1. The fourth-order valence-electron chi connectivity index (χ4n) is 1.96. The number of imidazole rings is 1. The predicted octanol–water partition coefficient (Wildman–Crippen LogP) is 2.08. The summed E-state index contributed by atoms with van der Waals surface area (Å²) in [5.41, 5.74) is 2.55. The molecule has 2 aromatic rings. The zero-order valence-electron chi connectivity index (χ0n) is 11.0. The van der Waals surface area contributed by atoms with Crippen molar-refractivity contribution in [2.75, 3.05) is 13.0 Å². The average molecular weight is 282 g/mol. The van der Waals surface area contributed by atoms with Gasteiger partial charge in [0, 0.05) is 24.5 Å². The summed E-state index contributed by atoms with van der Waals surface area (Å²) < 4.78 is 6.61. The van der Waals surface area contributed by atoms with Crippen LogP contribution in [0.2, 0.25) is 0 Å². The second kappa shape index (κ2) is 6.02. The summed E-state index contributed by atoms with van der Waals surface area (Å²) in [5.74, 6) is 1.10. The number of hydrogen-bond donors (Lipinski definition) is 0. The van der Waals surface area contributed by atoms with Gasteiger partial charge in [-0.25, -0.2) is 9.97 Å². The minimum absolute atomic E-state index is 0.244. The molecule has 0 atom stereocenters. The predicted molar refractivity (Wildman–Crippen MR) is 73.3 cm³/mol. The third-order valence-electron chi connectivity index (χ3n) is 2.90. The fraction of sp³-hybridized carbons (Fsp3) is 0.462. The Labute approximate surface area is 116 Å². The van der Waals surface area contributed by atoms with Crippen LogP contribution in [-0.2, 0) is 22.5 Å². The van der Waals surface area contributed by atoms with E-state index in [1.54, 1.807) is 0 Å². The Hall–Kier alpha value is -1.62. The van der Waals surface area contributed by atoms with Crippen LogP contribution < -0.4 is 0 Å². The molecule has 19 heavy (non-hydrogen) atoms. The summed E-state index contributed by atoms with van der Waals surface area (Å²) >= 11 is 5.79. The lowest BCUT2D eigenvalue weighted by Crippen LogP contribution is -2.10. The smallest absolute Gasteiger partial charge is 0.307 e. The summed E-state index contributed by atoms with van der Waals surface area (Å²) in [6.45, 7) is 2.43. The first-order chi connectivity index (χ1) is 9.15.